The van der Waals surface area contributed by atoms with Crippen molar-refractivity contribution >= 4 is 23.7 Å². The molecule has 0 aliphatic carbocycles. The van der Waals surface area contributed by atoms with Gasteiger partial charge in [-0.1, -0.05) is 35.9 Å². The van der Waals surface area contributed by atoms with Crippen molar-refractivity contribution in [3.8, 4) is 5.75 Å². The summed E-state index contributed by atoms with van der Waals surface area (Å²) >= 11 is 5.81. The highest BCUT2D eigenvalue weighted by atomic mass is 35.5. The van der Waals surface area contributed by atoms with Gasteiger partial charge in [0.1, 0.15) is 5.75 Å². The van der Waals surface area contributed by atoms with Crippen LogP contribution in [0.1, 0.15) is 11.1 Å². The van der Waals surface area contributed by atoms with E-state index in [4.69, 9.17) is 16.3 Å². The van der Waals surface area contributed by atoms with Crippen LogP contribution in [-0.4, -0.2) is 19.7 Å². The molecule has 120 valence electrons. The SMILES string of the molecule is COc1cccc(CCNC(=O)N/C=C/c2ccc(Cl)cc2)c1. The third-order valence-electron chi connectivity index (χ3n) is 3.19. The Morgan fingerprint density at radius 3 is 2.74 bits per heavy atom. The van der Waals surface area contributed by atoms with Gasteiger partial charge in [0, 0.05) is 17.8 Å². The highest BCUT2D eigenvalue weighted by Gasteiger charge is 1.99. The van der Waals surface area contributed by atoms with E-state index in [1.807, 2.05) is 36.4 Å². The Morgan fingerprint density at radius 2 is 2.00 bits per heavy atom. The molecule has 5 heteroatoms. The summed E-state index contributed by atoms with van der Waals surface area (Å²) in [4.78, 5) is 11.7. The molecule has 0 saturated heterocycles. The fourth-order valence-electron chi connectivity index (χ4n) is 1.99. The van der Waals surface area contributed by atoms with E-state index in [1.54, 1.807) is 31.5 Å². The van der Waals surface area contributed by atoms with Crippen molar-refractivity contribution in [2.45, 2.75) is 6.42 Å². The summed E-state index contributed by atoms with van der Waals surface area (Å²) in [6.07, 6.45) is 4.15. The second-order valence-corrected chi connectivity index (χ2v) is 5.32. The van der Waals surface area contributed by atoms with Crippen LogP contribution < -0.4 is 15.4 Å². The van der Waals surface area contributed by atoms with Crippen LogP contribution in [0.5, 0.6) is 5.75 Å². The number of halogens is 1. The molecular formula is C18H19ClN2O2. The molecule has 0 saturated carbocycles. The molecule has 0 atom stereocenters. The lowest BCUT2D eigenvalue weighted by atomic mass is 10.1. The molecule has 0 spiro atoms. The summed E-state index contributed by atoms with van der Waals surface area (Å²) in [6, 6.07) is 14.9. The Hall–Kier alpha value is -2.46. The van der Waals surface area contributed by atoms with E-state index < -0.39 is 0 Å². The minimum atomic E-state index is -0.238. The van der Waals surface area contributed by atoms with Gasteiger partial charge in [-0.25, -0.2) is 4.79 Å². The van der Waals surface area contributed by atoms with E-state index >= 15 is 0 Å². The van der Waals surface area contributed by atoms with Gasteiger partial charge in [-0.05, 0) is 47.9 Å². The van der Waals surface area contributed by atoms with Crippen LogP contribution in [0.2, 0.25) is 5.02 Å². The van der Waals surface area contributed by atoms with Crippen LogP contribution in [0, 0.1) is 0 Å². The lowest BCUT2D eigenvalue weighted by Crippen LogP contribution is -2.33. The van der Waals surface area contributed by atoms with E-state index in [0.717, 1.165) is 23.3 Å². The number of rotatable bonds is 6. The maximum Gasteiger partial charge on any atom is 0.318 e. The first-order valence-electron chi connectivity index (χ1n) is 7.27. The number of amides is 2. The zero-order valence-corrected chi connectivity index (χ0v) is 13.6. The number of nitrogens with one attached hydrogen (secondary N) is 2. The molecular weight excluding hydrogens is 312 g/mol. The first-order valence-corrected chi connectivity index (χ1v) is 7.64. The molecule has 2 rings (SSSR count). The maximum atomic E-state index is 11.7. The third-order valence-corrected chi connectivity index (χ3v) is 3.45. The monoisotopic (exact) mass is 330 g/mol. The highest BCUT2D eigenvalue weighted by molar-refractivity contribution is 6.30. The molecule has 0 aliphatic rings. The molecule has 0 heterocycles. The maximum absolute atomic E-state index is 11.7. The van der Waals surface area contributed by atoms with Gasteiger partial charge in [-0.15, -0.1) is 0 Å². The van der Waals surface area contributed by atoms with Crippen molar-refractivity contribution < 1.29 is 9.53 Å². The summed E-state index contributed by atoms with van der Waals surface area (Å²) in [6.45, 7) is 0.549. The smallest absolute Gasteiger partial charge is 0.318 e. The average molecular weight is 331 g/mol. The van der Waals surface area contributed by atoms with Gasteiger partial charge >= 0.3 is 6.03 Å². The van der Waals surface area contributed by atoms with Gasteiger partial charge in [-0.3, -0.25) is 0 Å². The number of carbonyl (C=O) groups is 1. The first-order chi connectivity index (χ1) is 11.2. The Bertz CT molecular complexity index is 669. The van der Waals surface area contributed by atoms with Crippen molar-refractivity contribution in [2.75, 3.05) is 13.7 Å². The quantitative estimate of drug-likeness (QED) is 0.845. The van der Waals surface area contributed by atoms with Gasteiger partial charge < -0.3 is 15.4 Å². The number of hydrogen-bond donors (Lipinski definition) is 2. The molecule has 2 amide bonds. The van der Waals surface area contributed by atoms with Crippen LogP contribution in [0.4, 0.5) is 4.79 Å². The summed E-state index contributed by atoms with van der Waals surface area (Å²) in [7, 11) is 1.64. The third kappa shape index (κ3) is 6.04. The van der Waals surface area contributed by atoms with Crippen LogP contribution in [0.3, 0.4) is 0 Å². The predicted octanol–water partition coefficient (Wildman–Crippen LogP) is 3.86. The van der Waals surface area contributed by atoms with Gasteiger partial charge in [0.15, 0.2) is 0 Å². The second kappa shape index (κ2) is 8.86. The van der Waals surface area contributed by atoms with Gasteiger partial charge in [-0.2, -0.15) is 0 Å². The summed E-state index contributed by atoms with van der Waals surface area (Å²) in [5.41, 5.74) is 2.08. The Kier molecular flexibility index (Phi) is 6.51. The largest absolute Gasteiger partial charge is 0.497 e. The van der Waals surface area contributed by atoms with Crippen molar-refractivity contribution in [3.05, 3.63) is 70.9 Å². The van der Waals surface area contributed by atoms with Crippen LogP contribution in [0.25, 0.3) is 6.08 Å². The fourth-order valence-corrected chi connectivity index (χ4v) is 2.11. The molecule has 0 unspecified atom stereocenters. The van der Waals surface area contributed by atoms with Crippen LogP contribution in [0.15, 0.2) is 54.7 Å². The minimum absolute atomic E-state index is 0.238. The summed E-state index contributed by atoms with van der Waals surface area (Å²) in [5.74, 6) is 0.817. The van der Waals surface area contributed by atoms with Crippen LogP contribution in [-0.2, 0) is 6.42 Å². The zero-order valence-electron chi connectivity index (χ0n) is 12.9. The standard InChI is InChI=1S/C18H19ClN2O2/c1-23-17-4-2-3-15(13-17)10-12-21-18(22)20-11-9-14-5-7-16(19)8-6-14/h2-9,11,13H,10,12H2,1H3,(H2,20,21,22)/b11-9+. The second-order valence-electron chi connectivity index (χ2n) is 4.89. The van der Waals surface area contributed by atoms with E-state index in [2.05, 4.69) is 10.6 Å². The van der Waals surface area contributed by atoms with Crippen molar-refractivity contribution in [1.29, 1.82) is 0 Å². The topological polar surface area (TPSA) is 50.4 Å². The zero-order chi connectivity index (χ0) is 16.5. The van der Waals surface area contributed by atoms with Crippen molar-refractivity contribution in [2.24, 2.45) is 0 Å². The van der Waals surface area contributed by atoms with E-state index in [9.17, 15) is 4.79 Å². The number of urea groups is 1. The Balaban J connectivity index is 1.71. The van der Waals surface area contributed by atoms with E-state index in [0.29, 0.717) is 11.6 Å². The molecule has 2 N–H and O–H groups in total. The molecule has 2 aromatic rings. The number of hydrogen-bond acceptors (Lipinski definition) is 2. The van der Waals surface area contributed by atoms with Crippen molar-refractivity contribution in [3.63, 3.8) is 0 Å². The average Bonchev–Trinajstić information content (AvgIpc) is 2.57. The van der Waals surface area contributed by atoms with E-state index in [-0.39, 0.29) is 6.03 Å². The number of carbonyl (C=O) groups excluding carboxylic acids is 1. The van der Waals surface area contributed by atoms with Crippen LogP contribution >= 0.6 is 11.6 Å². The normalized spacial score (nSPS) is 10.5. The number of benzene rings is 2. The molecule has 2 aromatic carbocycles. The lowest BCUT2D eigenvalue weighted by molar-refractivity contribution is 0.244. The highest BCUT2D eigenvalue weighted by Crippen LogP contribution is 2.12. The Morgan fingerprint density at radius 1 is 1.22 bits per heavy atom. The molecule has 4 nitrogen and oxygen atoms in total. The first kappa shape index (κ1) is 16.9. The fraction of sp³-hybridized carbons (Fsp3) is 0.167. The molecule has 0 radical (unpaired) electrons. The summed E-state index contributed by atoms with van der Waals surface area (Å²) < 4.78 is 5.17. The molecule has 0 fully saturated rings. The minimum Gasteiger partial charge on any atom is -0.497 e. The van der Waals surface area contributed by atoms with Crippen molar-refractivity contribution in [1.82, 2.24) is 10.6 Å². The number of ether oxygens (including phenoxy) is 1. The predicted molar refractivity (Wildman–Crippen MR) is 93.7 cm³/mol. The molecule has 0 aliphatic heterocycles. The Labute approximate surface area is 141 Å². The van der Waals surface area contributed by atoms with Gasteiger partial charge in [0.2, 0.25) is 0 Å². The lowest BCUT2D eigenvalue weighted by Gasteiger charge is -2.06. The van der Waals surface area contributed by atoms with Gasteiger partial charge in [0.25, 0.3) is 0 Å². The molecule has 0 aromatic heterocycles. The molecule has 0 bridgehead atoms. The molecule has 23 heavy (non-hydrogen) atoms. The summed E-state index contributed by atoms with van der Waals surface area (Å²) in [5, 5.41) is 6.15. The van der Waals surface area contributed by atoms with Gasteiger partial charge in [0.05, 0.1) is 7.11 Å². The number of methoxy groups -OCH3 is 1. The van der Waals surface area contributed by atoms with E-state index in [1.165, 1.54) is 0 Å².